The molecule has 1 N–H and O–H groups in total. The molecule has 0 aromatic heterocycles. The van der Waals surface area contributed by atoms with E-state index in [9.17, 15) is 14.0 Å². The lowest BCUT2D eigenvalue weighted by Crippen LogP contribution is -2.43. The van der Waals surface area contributed by atoms with Crippen molar-refractivity contribution in [3.8, 4) is 0 Å². The topological polar surface area (TPSA) is 60.9 Å². The number of aliphatic carboxylic acids is 1. The van der Waals surface area contributed by atoms with Gasteiger partial charge in [0.1, 0.15) is 5.82 Å². The van der Waals surface area contributed by atoms with Crippen molar-refractivity contribution in [1.82, 2.24) is 9.80 Å². The van der Waals surface area contributed by atoms with Gasteiger partial charge in [0, 0.05) is 42.8 Å². The minimum Gasteiger partial charge on any atom is -0.481 e. The normalized spacial score (nSPS) is 24.2. The van der Waals surface area contributed by atoms with Crippen molar-refractivity contribution in [2.24, 2.45) is 11.8 Å². The lowest BCUT2D eigenvalue weighted by atomic mass is 9.93. The number of Topliss-reactive ketones (excluding diaryl/α,β-unsaturated/α-hetero) is 1. The second-order valence-corrected chi connectivity index (χ2v) is 10.1. The molecule has 1 aromatic carbocycles. The van der Waals surface area contributed by atoms with Crippen LogP contribution >= 0.6 is 37.4 Å². The van der Waals surface area contributed by atoms with Gasteiger partial charge in [-0.05, 0) is 62.8 Å². The average Bonchev–Trinajstić information content (AvgIpc) is 3.61. The minimum atomic E-state index is -0.712. The van der Waals surface area contributed by atoms with E-state index < -0.39 is 12.0 Å². The minimum absolute atomic E-state index is 0. The highest BCUT2D eigenvalue weighted by Gasteiger charge is 2.40. The lowest BCUT2D eigenvalue weighted by Gasteiger charge is -2.38. The van der Waals surface area contributed by atoms with E-state index in [2.05, 4.69) is 15.9 Å². The summed E-state index contributed by atoms with van der Waals surface area (Å²) in [5.41, 5.74) is 1.68. The van der Waals surface area contributed by atoms with Crippen LogP contribution in [0.4, 0.5) is 4.39 Å². The Morgan fingerprint density at radius 2 is 1.76 bits per heavy atom. The number of hydrogen-bond acceptors (Lipinski definition) is 5. The molecule has 0 radical (unpaired) electrons. The predicted molar refractivity (Wildman–Crippen MR) is 140 cm³/mol. The fourth-order valence-corrected chi connectivity index (χ4v) is 5.30. The maximum Gasteiger partial charge on any atom is 0.303 e. The van der Waals surface area contributed by atoms with E-state index in [1.54, 1.807) is 12.1 Å². The molecule has 5 nitrogen and oxygen atoms in total. The molecule has 0 spiro atoms. The zero-order valence-corrected chi connectivity index (χ0v) is 21.8. The van der Waals surface area contributed by atoms with Gasteiger partial charge in [0.15, 0.2) is 5.78 Å². The van der Waals surface area contributed by atoms with Crippen LogP contribution in [0, 0.1) is 17.7 Å². The van der Waals surface area contributed by atoms with Crippen LogP contribution in [-0.2, 0) is 9.59 Å². The molecule has 3 aliphatic rings. The number of carboxylic acids is 1. The molecule has 1 saturated carbocycles. The highest BCUT2D eigenvalue weighted by molar-refractivity contribution is 7.81. The number of carboxylic acid groups (broad SMARTS) is 1. The van der Waals surface area contributed by atoms with Crippen LogP contribution in [0.5, 0.6) is 0 Å². The van der Waals surface area contributed by atoms with E-state index >= 15 is 0 Å². The summed E-state index contributed by atoms with van der Waals surface area (Å²) in [6.45, 7) is 3.97. The number of thiol groups is 1. The van der Waals surface area contributed by atoms with Crippen LogP contribution in [0.15, 0.2) is 35.9 Å². The number of carbonyl (C=O) groups excluding carboxylic acids is 1. The molecule has 34 heavy (non-hydrogen) atoms. The highest BCUT2D eigenvalue weighted by atomic mass is 35.5. The molecular weight excluding hydrogens is 498 g/mol. The number of piperidine rings is 2. The third-order valence-electron chi connectivity index (χ3n) is 7.10. The smallest absolute Gasteiger partial charge is 0.303 e. The highest BCUT2D eigenvalue weighted by Crippen LogP contribution is 2.39. The maximum atomic E-state index is 14.7. The summed E-state index contributed by atoms with van der Waals surface area (Å²) in [5, 5.41) is 9.14. The Hall–Kier alpha value is -1.12. The molecule has 2 saturated heterocycles. The number of hydrogen-bond donors (Lipinski definition) is 2. The van der Waals surface area contributed by atoms with Gasteiger partial charge in [-0.15, -0.1) is 24.8 Å². The SMILES string of the molecule is Cl.Cl.O=C(O)CC1CCN(CC=C2CN(C(C(=O)C3CC3)c3ccccc3F)CCC2S)CC1. The van der Waals surface area contributed by atoms with Gasteiger partial charge in [0.05, 0.1) is 6.04 Å². The van der Waals surface area contributed by atoms with Crippen LogP contribution in [0.1, 0.15) is 50.1 Å². The average molecular weight is 534 g/mol. The van der Waals surface area contributed by atoms with Crippen LogP contribution in [0.2, 0.25) is 0 Å². The monoisotopic (exact) mass is 532 g/mol. The van der Waals surface area contributed by atoms with E-state index in [-0.39, 0.29) is 59.9 Å². The number of rotatable bonds is 8. The Morgan fingerprint density at radius 3 is 2.38 bits per heavy atom. The molecule has 0 amide bonds. The van der Waals surface area contributed by atoms with Crippen LogP contribution in [0.25, 0.3) is 0 Å². The molecule has 2 heterocycles. The summed E-state index contributed by atoms with van der Waals surface area (Å²) < 4.78 is 14.7. The number of ketones is 1. The molecule has 4 rings (SSSR count). The lowest BCUT2D eigenvalue weighted by molar-refractivity contribution is -0.138. The van der Waals surface area contributed by atoms with Crippen molar-refractivity contribution in [2.45, 2.75) is 49.8 Å². The predicted octanol–water partition coefficient (Wildman–Crippen LogP) is 4.81. The Bertz CT molecular complexity index is 875. The Morgan fingerprint density at radius 1 is 1.09 bits per heavy atom. The number of carbonyl (C=O) groups is 2. The van der Waals surface area contributed by atoms with Crippen molar-refractivity contribution in [3.05, 3.63) is 47.3 Å². The van der Waals surface area contributed by atoms with Gasteiger partial charge in [-0.25, -0.2) is 4.39 Å². The molecule has 0 bridgehead atoms. The summed E-state index contributed by atoms with van der Waals surface area (Å²) in [6.07, 6.45) is 6.96. The second kappa shape index (κ2) is 13.3. The van der Waals surface area contributed by atoms with Gasteiger partial charge in [0.25, 0.3) is 0 Å². The molecule has 2 atom stereocenters. The Kier molecular flexibility index (Phi) is 11.4. The summed E-state index contributed by atoms with van der Waals surface area (Å²) in [6, 6.07) is 6.14. The van der Waals surface area contributed by atoms with Gasteiger partial charge in [-0.2, -0.15) is 12.6 Å². The van der Waals surface area contributed by atoms with Gasteiger partial charge in [-0.1, -0.05) is 24.3 Å². The molecule has 190 valence electrons. The zero-order chi connectivity index (χ0) is 22.7. The Labute approximate surface area is 219 Å². The Balaban J connectivity index is 0.00000204. The molecule has 2 aliphatic heterocycles. The molecule has 1 aromatic rings. The standard InChI is InChI=1S/C25H33FN2O3S.2ClH/c26-21-4-2-1-3-20(21)24(25(31)18-5-6-18)28-14-10-22(32)19(16-28)9-13-27-11-7-17(8-12-27)15-23(29)30;;/h1-4,9,17-18,22,24,32H,5-8,10-16H2,(H,29,30);2*1H. The molecular formula is C25H35Cl2FN2O3S. The first kappa shape index (κ1) is 29.1. The molecule has 2 unspecified atom stereocenters. The summed E-state index contributed by atoms with van der Waals surface area (Å²) in [5.74, 6) is -0.542. The third kappa shape index (κ3) is 7.44. The summed E-state index contributed by atoms with van der Waals surface area (Å²) in [7, 11) is 0. The van der Waals surface area contributed by atoms with E-state index in [4.69, 9.17) is 17.7 Å². The fraction of sp³-hybridized carbons (Fsp3) is 0.600. The summed E-state index contributed by atoms with van der Waals surface area (Å²) >= 11 is 4.79. The summed E-state index contributed by atoms with van der Waals surface area (Å²) in [4.78, 5) is 28.6. The van der Waals surface area contributed by atoms with E-state index in [0.29, 0.717) is 12.1 Å². The van der Waals surface area contributed by atoms with Crippen LogP contribution < -0.4 is 0 Å². The van der Waals surface area contributed by atoms with Gasteiger partial charge < -0.3 is 5.11 Å². The first-order valence-corrected chi connectivity index (χ1v) is 12.3. The molecule has 9 heteroatoms. The van der Waals surface area contributed by atoms with Gasteiger partial charge in [0.2, 0.25) is 0 Å². The van der Waals surface area contributed by atoms with Gasteiger partial charge >= 0.3 is 5.97 Å². The zero-order valence-electron chi connectivity index (χ0n) is 19.3. The molecule has 3 fully saturated rings. The third-order valence-corrected chi connectivity index (χ3v) is 7.69. The maximum absolute atomic E-state index is 14.7. The van der Waals surface area contributed by atoms with Crippen molar-refractivity contribution in [1.29, 1.82) is 0 Å². The van der Waals surface area contributed by atoms with E-state index in [0.717, 1.165) is 58.3 Å². The van der Waals surface area contributed by atoms with E-state index in [1.807, 2.05) is 6.07 Å². The van der Waals surface area contributed by atoms with E-state index in [1.165, 1.54) is 11.6 Å². The van der Waals surface area contributed by atoms with Crippen molar-refractivity contribution in [2.75, 3.05) is 32.7 Å². The largest absolute Gasteiger partial charge is 0.481 e. The number of halogens is 3. The number of benzene rings is 1. The molecule has 1 aliphatic carbocycles. The quantitative estimate of drug-likeness (QED) is 0.371. The van der Waals surface area contributed by atoms with Gasteiger partial charge in [-0.3, -0.25) is 19.4 Å². The fourth-order valence-electron chi connectivity index (χ4n) is 5.00. The van der Waals surface area contributed by atoms with Crippen LogP contribution in [0.3, 0.4) is 0 Å². The van der Waals surface area contributed by atoms with Crippen molar-refractivity contribution < 1.29 is 19.1 Å². The number of nitrogens with zero attached hydrogens (tertiary/aromatic N) is 2. The van der Waals surface area contributed by atoms with Crippen molar-refractivity contribution >= 4 is 49.2 Å². The number of likely N-dealkylation sites (tertiary alicyclic amines) is 2. The second-order valence-electron chi connectivity index (χ2n) is 9.50. The van der Waals surface area contributed by atoms with Crippen molar-refractivity contribution in [3.63, 3.8) is 0 Å². The first-order chi connectivity index (χ1) is 15.4. The first-order valence-electron chi connectivity index (χ1n) is 11.8. The van der Waals surface area contributed by atoms with Crippen LogP contribution in [-0.4, -0.2) is 64.6 Å².